The number of thiocarbonyl (C=S) groups is 1. The smallest absolute Gasteiger partial charge is 0.339 e. The summed E-state index contributed by atoms with van der Waals surface area (Å²) >= 11 is 5.59. The highest BCUT2D eigenvalue weighted by Gasteiger charge is 2.23. The molecule has 1 aliphatic heterocycles. The zero-order chi connectivity index (χ0) is 23.6. The Labute approximate surface area is 198 Å². The Morgan fingerprint density at radius 2 is 2.06 bits per heavy atom. The van der Waals surface area contributed by atoms with Crippen molar-refractivity contribution in [1.82, 2.24) is 15.2 Å². The number of pyridine rings is 1. The normalized spacial score (nSPS) is 15.5. The molecule has 1 unspecified atom stereocenters. The highest BCUT2D eigenvalue weighted by molar-refractivity contribution is 7.80. The van der Waals surface area contributed by atoms with Crippen molar-refractivity contribution in [3.8, 4) is 17.2 Å². The van der Waals surface area contributed by atoms with Crippen molar-refractivity contribution in [3.05, 3.63) is 47.8 Å². The SMILES string of the molecule is COC(=O)c1cncc(OCC2CN(C(=S)NCCc3cc(OC)ccc3OC)CCO2)c1. The zero-order valence-corrected chi connectivity index (χ0v) is 19.9. The lowest BCUT2D eigenvalue weighted by molar-refractivity contribution is -0.0288. The van der Waals surface area contributed by atoms with Gasteiger partial charge in [-0.15, -0.1) is 0 Å². The van der Waals surface area contributed by atoms with Crippen LogP contribution in [0.25, 0.3) is 0 Å². The second-order valence-corrected chi connectivity index (χ2v) is 7.70. The van der Waals surface area contributed by atoms with E-state index in [9.17, 15) is 4.79 Å². The summed E-state index contributed by atoms with van der Waals surface area (Å²) in [6, 6.07) is 7.34. The number of carbonyl (C=O) groups excluding carboxylic acids is 1. The molecule has 1 aromatic heterocycles. The van der Waals surface area contributed by atoms with E-state index < -0.39 is 5.97 Å². The van der Waals surface area contributed by atoms with Gasteiger partial charge in [-0.2, -0.15) is 0 Å². The maximum atomic E-state index is 11.7. The maximum Gasteiger partial charge on any atom is 0.339 e. The summed E-state index contributed by atoms with van der Waals surface area (Å²) in [5.74, 6) is 1.62. The first-order valence-electron chi connectivity index (χ1n) is 10.6. The van der Waals surface area contributed by atoms with Crippen LogP contribution in [0.5, 0.6) is 17.2 Å². The van der Waals surface area contributed by atoms with Crippen LogP contribution < -0.4 is 19.5 Å². The fourth-order valence-corrected chi connectivity index (χ4v) is 3.68. The molecule has 1 saturated heterocycles. The summed E-state index contributed by atoms with van der Waals surface area (Å²) < 4.78 is 27.0. The molecule has 1 aromatic carbocycles. The Morgan fingerprint density at radius 1 is 1.21 bits per heavy atom. The van der Waals surface area contributed by atoms with E-state index in [2.05, 4.69) is 15.2 Å². The molecule has 0 radical (unpaired) electrons. The third-order valence-electron chi connectivity index (χ3n) is 5.15. The van der Waals surface area contributed by atoms with Gasteiger partial charge in [-0.1, -0.05) is 0 Å². The first-order chi connectivity index (χ1) is 16.0. The largest absolute Gasteiger partial charge is 0.497 e. The zero-order valence-electron chi connectivity index (χ0n) is 19.0. The average molecular weight is 476 g/mol. The highest BCUT2D eigenvalue weighted by Crippen LogP contribution is 2.24. The molecule has 9 nitrogen and oxygen atoms in total. The topological polar surface area (TPSA) is 91.4 Å². The number of morpholine rings is 1. The summed E-state index contributed by atoms with van der Waals surface area (Å²) in [5.41, 5.74) is 1.38. The minimum Gasteiger partial charge on any atom is -0.497 e. The predicted molar refractivity (Wildman–Crippen MR) is 126 cm³/mol. The van der Waals surface area contributed by atoms with Gasteiger partial charge in [-0.05, 0) is 48.5 Å². The Morgan fingerprint density at radius 3 is 2.82 bits per heavy atom. The quantitative estimate of drug-likeness (QED) is 0.429. The molecular weight excluding hydrogens is 446 g/mol. The van der Waals surface area contributed by atoms with E-state index >= 15 is 0 Å². The van der Waals surface area contributed by atoms with Gasteiger partial charge in [0.2, 0.25) is 0 Å². The molecular formula is C23H29N3O6S. The standard InChI is InChI=1S/C23H29N3O6S/c1-28-18-4-5-21(29-2)16(10-18)6-7-25-23(33)26-8-9-31-20(14-26)15-32-19-11-17(12-24-13-19)22(27)30-3/h4-5,10-13,20H,6-9,14-15H2,1-3H3,(H,25,33). The third-order valence-corrected chi connectivity index (χ3v) is 5.56. The van der Waals surface area contributed by atoms with E-state index in [0.717, 1.165) is 23.5 Å². The van der Waals surface area contributed by atoms with Crippen molar-refractivity contribution in [2.24, 2.45) is 0 Å². The van der Waals surface area contributed by atoms with Gasteiger partial charge in [-0.3, -0.25) is 4.98 Å². The van der Waals surface area contributed by atoms with E-state index in [1.165, 1.54) is 13.3 Å². The van der Waals surface area contributed by atoms with Crippen molar-refractivity contribution < 1.29 is 28.5 Å². The number of esters is 1. The molecule has 3 rings (SSSR count). The molecule has 1 fully saturated rings. The van der Waals surface area contributed by atoms with Gasteiger partial charge >= 0.3 is 5.97 Å². The average Bonchev–Trinajstić information content (AvgIpc) is 2.87. The summed E-state index contributed by atoms with van der Waals surface area (Å²) in [6.07, 6.45) is 3.55. The van der Waals surface area contributed by atoms with Gasteiger partial charge in [0.1, 0.15) is 30.0 Å². The van der Waals surface area contributed by atoms with Crippen LogP contribution in [0.3, 0.4) is 0 Å². The molecule has 10 heteroatoms. The van der Waals surface area contributed by atoms with Crippen LogP contribution in [0.2, 0.25) is 0 Å². The number of carbonyl (C=O) groups is 1. The molecule has 33 heavy (non-hydrogen) atoms. The fraction of sp³-hybridized carbons (Fsp3) is 0.435. The monoisotopic (exact) mass is 475 g/mol. The highest BCUT2D eigenvalue weighted by atomic mass is 32.1. The number of rotatable bonds is 9. The number of nitrogens with one attached hydrogen (secondary N) is 1. The first-order valence-corrected chi connectivity index (χ1v) is 11.0. The number of hydrogen-bond acceptors (Lipinski definition) is 8. The van der Waals surface area contributed by atoms with Crippen LogP contribution in [0.15, 0.2) is 36.7 Å². The van der Waals surface area contributed by atoms with Gasteiger partial charge in [0.05, 0.1) is 39.7 Å². The second-order valence-electron chi connectivity index (χ2n) is 7.31. The van der Waals surface area contributed by atoms with Crippen LogP contribution in [-0.2, 0) is 15.9 Å². The van der Waals surface area contributed by atoms with Gasteiger partial charge in [0, 0.05) is 25.8 Å². The lowest BCUT2D eigenvalue weighted by atomic mass is 10.1. The summed E-state index contributed by atoms with van der Waals surface area (Å²) in [5, 5.41) is 3.98. The van der Waals surface area contributed by atoms with E-state index in [-0.39, 0.29) is 6.10 Å². The van der Waals surface area contributed by atoms with Crippen molar-refractivity contribution in [2.45, 2.75) is 12.5 Å². The van der Waals surface area contributed by atoms with Crippen molar-refractivity contribution in [1.29, 1.82) is 0 Å². The van der Waals surface area contributed by atoms with E-state index in [1.807, 2.05) is 18.2 Å². The minimum absolute atomic E-state index is 0.168. The summed E-state index contributed by atoms with van der Waals surface area (Å²) in [6.45, 7) is 2.81. The Kier molecular flexibility index (Phi) is 9.08. The van der Waals surface area contributed by atoms with Crippen molar-refractivity contribution in [3.63, 3.8) is 0 Å². The van der Waals surface area contributed by atoms with Crippen molar-refractivity contribution in [2.75, 3.05) is 54.2 Å². The molecule has 0 spiro atoms. The Bertz CT molecular complexity index is 958. The molecule has 1 aliphatic rings. The number of hydrogen-bond donors (Lipinski definition) is 1. The predicted octanol–water partition coefficient (Wildman–Crippen LogP) is 2.08. The van der Waals surface area contributed by atoms with Gasteiger partial charge in [0.15, 0.2) is 5.11 Å². The molecule has 0 bridgehead atoms. The molecule has 1 N–H and O–H groups in total. The van der Waals surface area contributed by atoms with Gasteiger partial charge in [-0.25, -0.2) is 4.79 Å². The summed E-state index contributed by atoms with van der Waals surface area (Å²) in [4.78, 5) is 17.7. The van der Waals surface area contributed by atoms with Crippen LogP contribution in [-0.4, -0.2) is 81.2 Å². The summed E-state index contributed by atoms with van der Waals surface area (Å²) in [7, 11) is 4.62. The van der Waals surface area contributed by atoms with Crippen molar-refractivity contribution >= 4 is 23.3 Å². The molecule has 0 saturated carbocycles. The molecule has 178 valence electrons. The lowest BCUT2D eigenvalue weighted by Crippen LogP contribution is -2.51. The number of ether oxygens (including phenoxy) is 5. The number of nitrogens with zero attached hydrogens (tertiary/aromatic N) is 2. The maximum absolute atomic E-state index is 11.7. The molecule has 1 atom stereocenters. The van der Waals surface area contributed by atoms with E-state index in [4.69, 9.17) is 35.9 Å². The van der Waals surface area contributed by atoms with Crippen LogP contribution in [0, 0.1) is 0 Å². The van der Waals surface area contributed by atoms with Gasteiger partial charge in [0.25, 0.3) is 0 Å². The minimum atomic E-state index is -0.462. The molecule has 0 aliphatic carbocycles. The van der Waals surface area contributed by atoms with E-state index in [0.29, 0.717) is 49.3 Å². The van der Waals surface area contributed by atoms with Crippen LogP contribution in [0.1, 0.15) is 15.9 Å². The Balaban J connectivity index is 1.47. The third kappa shape index (κ3) is 6.93. The molecule has 2 heterocycles. The van der Waals surface area contributed by atoms with E-state index in [1.54, 1.807) is 26.5 Å². The molecule has 2 aromatic rings. The molecule has 0 amide bonds. The first kappa shape index (κ1) is 24.5. The number of aromatic nitrogens is 1. The fourth-order valence-electron chi connectivity index (χ4n) is 3.41. The van der Waals surface area contributed by atoms with Crippen LogP contribution >= 0.6 is 12.2 Å². The number of benzene rings is 1. The second kappa shape index (κ2) is 12.2. The Hall–Kier alpha value is -3.11. The lowest BCUT2D eigenvalue weighted by Gasteiger charge is -2.34. The van der Waals surface area contributed by atoms with Crippen LogP contribution in [0.4, 0.5) is 0 Å². The van der Waals surface area contributed by atoms with Gasteiger partial charge < -0.3 is 33.9 Å². The number of methoxy groups -OCH3 is 3.